The lowest BCUT2D eigenvalue weighted by atomic mass is 10.1. The first kappa shape index (κ1) is 21.3. The highest BCUT2D eigenvalue weighted by Gasteiger charge is 2.09. The van der Waals surface area contributed by atoms with Gasteiger partial charge in [0.15, 0.2) is 11.5 Å². The number of aromatic nitrogens is 2. The molecule has 4 aromatic rings. The molecule has 0 saturated carbocycles. The molecule has 2 heterocycles. The van der Waals surface area contributed by atoms with Gasteiger partial charge in [-0.3, -0.25) is 9.78 Å². The smallest absolute Gasteiger partial charge is 0.248 e. The number of hydrogen-bond acceptors (Lipinski definition) is 6. The van der Waals surface area contributed by atoms with Gasteiger partial charge in [0, 0.05) is 28.9 Å². The summed E-state index contributed by atoms with van der Waals surface area (Å²) < 4.78 is 10.5. The van der Waals surface area contributed by atoms with Crippen LogP contribution in [0.2, 0.25) is 0 Å². The zero-order chi connectivity index (χ0) is 22.3. The molecule has 7 heteroatoms. The fourth-order valence-corrected chi connectivity index (χ4v) is 3.89. The molecule has 0 saturated heterocycles. The van der Waals surface area contributed by atoms with Crippen LogP contribution in [0.25, 0.3) is 28.0 Å². The van der Waals surface area contributed by atoms with Crippen molar-refractivity contribution >= 4 is 29.0 Å². The van der Waals surface area contributed by atoms with Gasteiger partial charge in [0.25, 0.3) is 0 Å². The number of anilines is 1. The Bertz CT molecular complexity index is 1250. The van der Waals surface area contributed by atoms with Gasteiger partial charge >= 0.3 is 0 Å². The lowest BCUT2D eigenvalue weighted by Gasteiger charge is -2.07. The van der Waals surface area contributed by atoms with Crippen LogP contribution in [0.1, 0.15) is 5.56 Å². The molecule has 32 heavy (non-hydrogen) atoms. The van der Waals surface area contributed by atoms with E-state index in [0.717, 1.165) is 27.5 Å². The molecular formula is C25H21N3O3S. The first-order valence-corrected chi connectivity index (χ1v) is 10.7. The number of rotatable bonds is 7. The highest BCUT2D eigenvalue weighted by atomic mass is 32.1. The van der Waals surface area contributed by atoms with E-state index in [1.165, 1.54) is 17.4 Å². The van der Waals surface area contributed by atoms with Crippen molar-refractivity contribution in [3.63, 3.8) is 0 Å². The molecule has 0 aliphatic heterocycles. The number of ether oxygens (including phenoxy) is 2. The Morgan fingerprint density at radius 2 is 1.84 bits per heavy atom. The maximum Gasteiger partial charge on any atom is 0.248 e. The highest BCUT2D eigenvalue weighted by Crippen LogP contribution is 2.29. The van der Waals surface area contributed by atoms with Crippen LogP contribution in [-0.4, -0.2) is 30.1 Å². The van der Waals surface area contributed by atoms with Gasteiger partial charge in [-0.05, 0) is 48.0 Å². The highest BCUT2D eigenvalue weighted by molar-refractivity contribution is 7.13. The molecule has 6 nitrogen and oxygen atoms in total. The molecule has 1 N–H and O–H groups in total. The van der Waals surface area contributed by atoms with Gasteiger partial charge in [0.2, 0.25) is 5.91 Å². The molecule has 4 rings (SSSR count). The molecule has 0 unspecified atom stereocenters. The van der Waals surface area contributed by atoms with E-state index in [1.807, 2.05) is 60.0 Å². The van der Waals surface area contributed by atoms with E-state index in [4.69, 9.17) is 9.47 Å². The third-order valence-corrected chi connectivity index (χ3v) is 5.51. The third-order valence-electron chi connectivity index (χ3n) is 4.65. The summed E-state index contributed by atoms with van der Waals surface area (Å²) in [6.45, 7) is 0. The summed E-state index contributed by atoms with van der Waals surface area (Å²) in [5.74, 6) is 1.01. The second-order valence-corrected chi connectivity index (χ2v) is 7.63. The summed E-state index contributed by atoms with van der Waals surface area (Å²) in [4.78, 5) is 21.5. The minimum absolute atomic E-state index is 0.232. The van der Waals surface area contributed by atoms with E-state index < -0.39 is 0 Å². The standard InChI is InChI=1S/C25H21N3O3S/c1-30-22-11-9-17(14-23(22)31-2)10-12-24(29)27-19-7-5-6-18(15-19)21-16-32-25(28-21)20-8-3-4-13-26-20/h3-16H,1-2H3,(H,27,29)/b12-10+. The Hall–Kier alpha value is -3.97. The van der Waals surface area contributed by atoms with Gasteiger partial charge in [0.1, 0.15) is 5.01 Å². The summed E-state index contributed by atoms with van der Waals surface area (Å²) in [7, 11) is 3.16. The van der Waals surface area contributed by atoms with Crippen molar-refractivity contribution in [2.45, 2.75) is 0 Å². The van der Waals surface area contributed by atoms with Crippen molar-refractivity contribution in [3.05, 3.63) is 83.9 Å². The van der Waals surface area contributed by atoms with E-state index in [2.05, 4.69) is 15.3 Å². The third kappa shape index (κ3) is 5.01. The van der Waals surface area contributed by atoms with Crippen LogP contribution in [0.5, 0.6) is 11.5 Å². The molecule has 0 aliphatic carbocycles. The molecule has 2 aromatic heterocycles. The van der Waals surface area contributed by atoms with Crippen molar-refractivity contribution in [2.24, 2.45) is 0 Å². The minimum atomic E-state index is -0.232. The number of pyridine rings is 1. The number of nitrogens with zero attached hydrogens (tertiary/aromatic N) is 2. The van der Waals surface area contributed by atoms with E-state index in [0.29, 0.717) is 17.2 Å². The SMILES string of the molecule is COc1ccc(/C=C/C(=O)Nc2cccc(-c3csc(-c4ccccn4)n3)c2)cc1OC. The Morgan fingerprint density at radius 3 is 2.62 bits per heavy atom. The Morgan fingerprint density at radius 1 is 0.969 bits per heavy atom. The Balaban J connectivity index is 1.46. The van der Waals surface area contributed by atoms with Crippen molar-refractivity contribution in [3.8, 4) is 33.5 Å². The molecule has 0 bridgehead atoms. The van der Waals surface area contributed by atoms with Gasteiger partial charge in [-0.1, -0.05) is 24.3 Å². The van der Waals surface area contributed by atoms with Crippen LogP contribution in [0, 0.1) is 0 Å². The zero-order valence-corrected chi connectivity index (χ0v) is 18.4. The normalized spacial score (nSPS) is 10.8. The first-order valence-electron chi connectivity index (χ1n) is 9.85. The first-order chi connectivity index (χ1) is 15.7. The van der Waals surface area contributed by atoms with E-state index in [1.54, 1.807) is 32.6 Å². The fourth-order valence-electron chi connectivity index (χ4n) is 3.08. The maximum atomic E-state index is 12.4. The molecule has 0 spiro atoms. The summed E-state index contributed by atoms with van der Waals surface area (Å²) in [5, 5.41) is 5.74. The number of carbonyl (C=O) groups excluding carboxylic acids is 1. The van der Waals surface area contributed by atoms with E-state index in [9.17, 15) is 4.79 Å². The van der Waals surface area contributed by atoms with Gasteiger partial charge in [-0.25, -0.2) is 4.98 Å². The average molecular weight is 444 g/mol. The predicted octanol–water partition coefficient (Wildman–Crippen LogP) is 5.54. The minimum Gasteiger partial charge on any atom is -0.493 e. The Labute approximate surface area is 190 Å². The summed E-state index contributed by atoms with van der Waals surface area (Å²) >= 11 is 1.54. The van der Waals surface area contributed by atoms with E-state index in [-0.39, 0.29) is 5.91 Å². The van der Waals surface area contributed by atoms with Gasteiger partial charge in [0.05, 0.1) is 25.6 Å². The number of amides is 1. The molecule has 2 aromatic carbocycles. The summed E-state index contributed by atoms with van der Waals surface area (Å²) in [5.41, 5.74) is 4.12. The molecule has 0 atom stereocenters. The van der Waals surface area contributed by atoms with Gasteiger partial charge in [-0.2, -0.15) is 0 Å². The zero-order valence-electron chi connectivity index (χ0n) is 17.6. The number of hydrogen-bond donors (Lipinski definition) is 1. The fraction of sp³-hybridized carbons (Fsp3) is 0.0800. The average Bonchev–Trinajstić information content (AvgIpc) is 3.34. The van der Waals surface area contributed by atoms with Crippen molar-refractivity contribution in [1.29, 1.82) is 0 Å². The van der Waals surface area contributed by atoms with Crippen LogP contribution in [0.4, 0.5) is 5.69 Å². The van der Waals surface area contributed by atoms with Gasteiger partial charge < -0.3 is 14.8 Å². The molecule has 160 valence electrons. The van der Waals surface area contributed by atoms with Crippen molar-refractivity contribution in [1.82, 2.24) is 9.97 Å². The lowest BCUT2D eigenvalue weighted by molar-refractivity contribution is -0.111. The second kappa shape index (κ2) is 9.89. The van der Waals surface area contributed by atoms with Gasteiger partial charge in [-0.15, -0.1) is 11.3 Å². The number of methoxy groups -OCH3 is 2. The lowest BCUT2D eigenvalue weighted by Crippen LogP contribution is -2.07. The monoisotopic (exact) mass is 443 g/mol. The quantitative estimate of drug-likeness (QED) is 0.380. The van der Waals surface area contributed by atoms with Crippen LogP contribution in [0.3, 0.4) is 0 Å². The van der Waals surface area contributed by atoms with E-state index >= 15 is 0 Å². The second-order valence-electron chi connectivity index (χ2n) is 6.77. The summed E-state index contributed by atoms with van der Waals surface area (Å²) in [6.07, 6.45) is 4.96. The number of nitrogens with one attached hydrogen (secondary N) is 1. The molecular weight excluding hydrogens is 422 g/mol. The number of benzene rings is 2. The number of thiazole rings is 1. The van der Waals surface area contributed by atoms with Crippen LogP contribution < -0.4 is 14.8 Å². The topological polar surface area (TPSA) is 73.3 Å². The maximum absolute atomic E-state index is 12.4. The van der Waals surface area contributed by atoms with Crippen molar-refractivity contribution in [2.75, 3.05) is 19.5 Å². The molecule has 1 amide bonds. The molecule has 0 radical (unpaired) electrons. The van der Waals surface area contributed by atoms with Crippen LogP contribution in [0.15, 0.2) is 78.3 Å². The van der Waals surface area contributed by atoms with Crippen LogP contribution in [-0.2, 0) is 4.79 Å². The largest absolute Gasteiger partial charge is 0.493 e. The van der Waals surface area contributed by atoms with Crippen LogP contribution >= 0.6 is 11.3 Å². The predicted molar refractivity (Wildman–Crippen MR) is 128 cm³/mol. The Kier molecular flexibility index (Phi) is 6.57. The summed E-state index contributed by atoms with van der Waals surface area (Å²) in [6, 6.07) is 18.8. The van der Waals surface area contributed by atoms with Crippen molar-refractivity contribution < 1.29 is 14.3 Å². The number of carbonyl (C=O) groups is 1. The molecule has 0 fully saturated rings. The molecule has 0 aliphatic rings.